The van der Waals surface area contributed by atoms with Gasteiger partial charge < -0.3 is 14.6 Å². The number of methoxy groups -OCH3 is 1. The molecular weight excluding hydrogens is 380 g/mol. The summed E-state index contributed by atoms with van der Waals surface area (Å²) < 4.78 is 12.1. The van der Waals surface area contributed by atoms with Gasteiger partial charge in [-0.05, 0) is 49.6 Å². The van der Waals surface area contributed by atoms with E-state index >= 15 is 0 Å². The SMILES string of the molecule is C=CCOc1c(OC)cc(C=CC(=O)O)c(Br)c1Br. The number of benzene rings is 1. The number of ether oxygens (including phenoxy) is 2. The summed E-state index contributed by atoms with van der Waals surface area (Å²) >= 11 is 6.78. The molecule has 1 aromatic rings. The van der Waals surface area contributed by atoms with Crippen LogP contribution in [0.25, 0.3) is 6.08 Å². The lowest BCUT2D eigenvalue weighted by Gasteiger charge is -2.14. The summed E-state index contributed by atoms with van der Waals surface area (Å²) in [5.41, 5.74) is 0.664. The van der Waals surface area contributed by atoms with Crippen molar-refractivity contribution >= 4 is 43.9 Å². The zero-order valence-corrected chi connectivity index (χ0v) is 13.3. The van der Waals surface area contributed by atoms with Gasteiger partial charge in [0.15, 0.2) is 11.5 Å². The third kappa shape index (κ3) is 4.11. The quantitative estimate of drug-likeness (QED) is 0.590. The van der Waals surface area contributed by atoms with Crippen LogP contribution in [0.2, 0.25) is 0 Å². The molecule has 1 rings (SSSR count). The van der Waals surface area contributed by atoms with Crippen LogP contribution < -0.4 is 9.47 Å². The van der Waals surface area contributed by atoms with Gasteiger partial charge in [-0.1, -0.05) is 12.7 Å². The molecule has 0 bridgehead atoms. The third-order valence-electron chi connectivity index (χ3n) is 2.13. The van der Waals surface area contributed by atoms with E-state index in [1.165, 1.54) is 13.2 Å². The lowest BCUT2D eigenvalue weighted by molar-refractivity contribution is -0.131. The number of carboxylic acid groups (broad SMARTS) is 1. The van der Waals surface area contributed by atoms with Crippen molar-refractivity contribution in [2.45, 2.75) is 0 Å². The van der Waals surface area contributed by atoms with Crippen molar-refractivity contribution < 1.29 is 19.4 Å². The van der Waals surface area contributed by atoms with Crippen LogP contribution in [0.4, 0.5) is 0 Å². The Labute approximate surface area is 128 Å². The van der Waals surface area contributed by atoms with Gasteiger partial charge in [-0.3, -0.25) is 0 Å². The molecule has 0 aromatic heterocycles. The second-order valence-corrected chi connectivity index (χ2v) is 4.98. The van der Waals surface area contributed by atoms with Crippen LogP contribution in [0, 0.1) is 0 Å². The molecule has 6 heteroatoms. The molecule has 0 unspecified atom stereocenters. The maximum absolute atomic E-state index is 10.6. The van der Waals surface area contributed by atoms with Crippen molar-refractivity contribution in [3.05, 3.63) is 39.3 Å². The average molecular weight is 392 g/mol. The topological polar surface area (TPSA) is 55.8 Å². The van der Waals surface area contributed by atoms with Gasteiger partial charge in [-0.25, -0.2) is 4.79 Å². The second kappa shape index (κ2) is 7.35. The van der Waals surface area contributed by atoms with Crippen molar-refractivity contribution in [3.8, 4) is 11.5 Å². The summed E-state index contributed by atoms with van der Waals surface area (Å²) in [6, 6.07) is 1.69. The first-order valence-electron chi connectivity index (χ1n) is 5.22. The van der Waals surface area contributed by atoms with E-state index in [-0.39, 0.29) is 0 Å². The Hall–Kier alpha value is -1.27. The van der Waals surface area contributed by atoms with E-state index in [9.17, 15) is 4.79 Å². The maximum Gasteiger partial charge on any atom is 0.328 e. The van der Waals surface area contributed by atoms with Gasteiger partial charge in [0, 0.05) is 10.5 Å². The van der Waals surface area contributed by atoms with Gasteiger partial charge in [0.25, 0.3) is 0 Å². The number of rotatable bonds is 6. The highest BCUT2D eigenvalue weighted by Gasteiger charge is 2.15. The molecular formula is C13H12Br2O4. The standard InChI is InChI=1S/C13H12Br2O4/c1-3-6-19-13-9(18-2)7-8(4-5-10(16)17)11(14)12(13)15/h3-5,7H,1,6H2,2H3,(H,16,17). The molecule has 0 radical (unpaired) electrons. The average Bonchev–Trinajstić information content (AvgIpc) is 2.38. The van der Waals surface area contributed by atoms with Gasteiger partial charge in [0.05, 0.1) is 11.6 Å². The fourth-order valence-corrected chi connectivity index (χ4v) is 2.28. The highest BCUT2D eigenvalue weighted by atomic mass is 79.9. The molecule has 19 heavy (non-hydrogen) atoms. The number of carbonyl (C=O) groups is 1. The predicted octanol–water partition coefficient (Wildman–Crippen LogP) is 3.88. The second-order valence-electron chi connectivity index (χ2n) is 3.40. The summed E-state index contributed by atoms with van der Waals surface area (Å²) in [5.74, 6) is 0.0117. The molecule has 0 heterocycles. The summed E-state index contributed by atoms with van der Waals surface area (Å²) in [6.45, 7) is 3.92. The molecule has 0 spiro atoms. The first kappa shape index (κ1) is 15.8. The zero-order chi connectivity index (χ0) is 14.4. The minimum Gasteiger partial charge on any atom is -0.493 e. The molecule has 0 amide bonds. The summed E-state index contributed by atoms with van der Waals surface area (Å²) in [7, 11) is 1.52. The van der Waals surface area contributed by atoms with Crippen LogP contribution in [-0.4, -0.2) is 24.8 Å². The van der Waals surface area contributed by atoms with E-state index < -0.39 is 5.97 Å². The Balaban J connectivity index is 3.27. The Morgan fingerprint density at radius 2 is 2.16 bits per heavy atom. The monoisotopic (exact) mass is 390 g/mol. The highest BCUT2D eigenvalue weighted by molar-refractivity contribution is 9.13. The van der Waals surface area contributed by atoms with Crippen LogP contribution in [0.3, 0.4) is 0 Å². The molecule has 102 valence electrons. The first-order chi connectivity index (χ1) is 9.01. The van der Waals surface area contributed by atoms with E-state index in [1.54, 1.807) is 12.1 Å². The van der Waals surface area contributed by atoms with Crippen molar-refractivity contribution in [1.82, 2.24) is 0 Å². The fraction of sp³-hybridized carbons (Fsp3) is 0.154. The Morgan fingerprint density at radius 3 is 2.68 bits per heavy atom. The van der Waals surface area contributed by atoms with Crippen LogP contribution in [-0.2, 0) is 4.79 Å². The number of aliphatic carboxylic acids is 1. The zero-order valence-electron chi connectivity index (χ0n) is 10.2. The summed E-state index contributed by atoms with van der Waals surface area (Å²) in [6.07, 6.45) is 4.14. The molecule has 4 nitrogen and oxygen atoms in total. The summed E-state index contributed by atoms with van der Waals surface area (Å²) in [4.78, 5) is 10.6. The van der Waals surface area contributed by atoms with Gasteiger partial charge in [0.2, 0.25) is 0 Å². The van der Waals surface area contributed by atoms with Gasteiger partial charge in [0.1, 0.15) is 6.61 Å². The number of halogens is 2. The van der Waals surface area contributed by atoms with Crippen molar-refractivity contribution in [1.29, 1.82) is 0 Å². The molecule has 0 aliphatic rings. The van der Waals surface area contributed by atoms with E-state index in [0.29, 0.717) is 32.6 Å². The lowest BCUT2D eigenvalue weighted by atomic mass is 10.2. The van der Waals surface area contributed by atoms with E-state index in [2.05, 4.69) is 38.4 Å². The van der Waals surface area contributed by atoms with Crippen molar-refractivity contribution in [3.63, 3.8) is 0 Å². The number of hydrogen-bond acceptors (Lipinski definition) is 3. The smallest absolute Gasteiger partial charge is 0.328 e. The van der Waals surface area contributed by atoms with Crippen LogP contribution in [0.1, 0.15) is 5.56 Å². The van der Waals surface area contributed by atoms with E-state index in [0.717, 1.165) is 6.08 Å². The predicted molar refractivity (Wildman–Crippen MR) is 80.8 cm³/mol. The molecule has 1 aromatic carbocycles. The Morgan fingerprint density at radius 1 is 1.47 bits per heavy atom. The lowest BCUT2D eigenvalue weighted by Crippen LogP contribution is -1.99. The Bertz CT molecular complexity index is 524. The molecule has 0 saturated heterocycles. The number of hydrogen-bond donors (Lipinski definition) is 1. The van der Waals surface area contributed by atoms with Crippen LogP contribution >= 0.6 is 31.9 Å². The van der Waals surface area contributed by atoms with Crippen LogP contribution in [0.5, 0.6) is 11.5 Å². The maximum atomic E-state index is 10.6. The van der Waals surface area contributed by atoms with Crippen molar-refractivity contribution in [2.75, 3.05) is 13.7 Å². The van der Waals surface area contributed by atoms with E-state index in [1.807, 2.05) is 0 Å². The Kier molecular flexibility index (Phi) is 6.11. The molecule has 0 fully saturated rings. The first-order valence-corrected chi connectivity index (χ1v) is 6.80. The normalized spacial score (nSPS) is 10.5. The van der Waals surface area contributed by atoms with Gasteiger partial charge >= 0.3 is 5.97 Å². The van der Waals surface area contributed by atoms with Crippen LogP contribution in [0.15, 0.2) is 33.7 Å². The van der Waals surface area contributed by atoms with Crippen molar-refractivity contribution in [2.24, 2.45) is 0 Å². The fourth-order valence-electron chi connectivity index (χ4n) is 1.32. The molecule has 0 saturated carbocycles. The number of carboxylic acids is 1. The molecule has 0 aliphatic carbocycles. The molecule has 0 atom stereocenters. The summed E-state index contributed by atoms with van der Waals surface area (Å²) in [5, 5.41) is 8.65. The minimum atomic E-state index is -1.02. The minimum absolute atomic E-state index is 0.339. The highest BCUT2D eigenvalue weighted by Crippen LogP contribution is 2.43. The van der Waals surface area contributed by atoms with E-state index in [4.69, 9.17) is 14.6 Å². The molecule has 0 aliphatic heterocycles. The molecule has 1 N–H and O–H groups in total. The third-order valence-corrected chi connectivity index (χ3v) is 4.27. The van der Waals surface area contributed by atoms with Gasteiger partial charge in [-0.2, -0.15) is 0 Å². The largest absolute Gasteiger partial charge is 0.493 e. The van der Waals surface area contributed by atoms with Gasteiger partial charge in [-0.15, -0.1) is 0 Å².